The SMILES string of the molecule is O=C1c2ccc([N+](=O)[O-])cc2C(=O)N1[C@@H]1C(=O)N(c2cccc(C(F)(F)F)c2)[C@H]1c1cccs1. The van der Waals surface area contributed by atoms with Crippen molar-refractivity contribution in [2.75, 3.05) is 4.90 Å². The highest BCUT2D eigenvalue weighted by atomic mass is 32.1. The number of halogens is 3. The summed E-state index contributed by atoms with van der Waals surface area (Å²) in [4.78, 5) is 52.1. The van der Waals surface area contributed by atoms with Gasteiger partial charge in [0.05, 0.1) is 21.6 Å². The van der Waals surface area contributed by atoms with Crippen LogP contribution in [0.1, 0.15) is 37.2 Å². The third-order valence-corrected chi connectivity index (χ3v) is 6.69. The number of nitro groups is 1. The van der Waals surface area contributed by atoms with Crippen LogP contribution in [-0.4, -0.2) is 33.6 Å². The minimum Gasteiger partial charge on any atom is -0.300 e. The van der Waals surface area contributed by atoms with Gasteiger partial charge in [0.1, 0.15) is 12.1 Å². The van der Waals surface area contributed by atoms with E-state index in [1.165, 1.54) is 23.5 Å². The molecule has 34 heavy (non-hydrogen) atoms. The number of alkyl halides is 3. The maximum Gasteiger partial charge on any atom is 0.416 e. The molecule has 172 valence electrons. The largest absolute Gasteiger partial charge is 0.416 e. The van der Waals surface area contributed by atoms with E-state index in [0.29, 0.717) is 4.88 Å². The zero-order chi connectivity index (χ0) is 24.4. The molecule has 0 unspecified atom stereocenters. The van der Waals surface area contributed by atoms with E-state index in [-0.39, 0.29) is 22.5 Å². The lowest BCUT2D eigenvalue weighted by Gasteiger charge is -2.49. The van der Waals surface area contributed by atoms with E-state index >= 15 is 0 Å². The Morgan fingerprint density at radius 1 is 0.882 bits per heavy atom. The standard InChI is InChI=1S/C22H12F3N3O5S/c23-22(24,25)11-3-1-4-12(9-11)26-17(16-5-2-8-34-16)18(21(26)31)27-19(29)14-7-6-13(28(32)33)10-15(14)20(27)30/h1-10,17-18H/t17-,18-/m0/s1. The third-order valence-electron chi connectivity index (χ3n) is 5.74. The lowest BCUT2D eigenvalue weighted by atomic mass is 9.90. The van der Waals surface area contributed by atoms with Gasteiger partial charge >= 0.3 is 6.18 Å². The smallest absolute Gasteiger partial charge is 0.300 e. The summed E-state index contributed by atoms with van der Waals surface area (Å²) in [5, 5.41) is 12.8. The molecule has 1 aromatic heterocycles. The summed E-state index contributed by atoms with van der Waals surface area (Å²) in [7, 11) is 0. The average Bonchev–Trinajstić information content (AvgIpc) is 3.40. The number of anilines is 1. The first kappa shape index (κ1) is 21.8. The number of nitro benzene ring substituents is 1. The van der Waals surface area contributed by atoms with Crippen LogP contribution in [0.25, 0.3) is 0 Å². The number of thiophene rings is 1. The normalized spacial score (nSPS) is 19.9. The second-order valence-corrected chi connectivity index (χ2v) is 8.61. The molecule has 2 aliphatic rings. The first-order valence-corrected chi connectivity index (χ1v) is 10.7. The zero-order valence-electron chi connectivity index (χ0n) is 16.9. The minimum atomic E-state index is -4.63. The van der Waals surface area contributed by atoms with Crippen molar-refractivity contribution >= 4 is 40.4 Å². The summed E-state index contributed by atoms with van der Waals surface area (Å²) in [6.45, 7) is 0. The molecule has 0 N–H and O–H groups in total. The molecule has 3 aromatic rings. The number of nitrogens with zero attached hydrogens (tertiary/aromatic N) is 3. The Labute approximate surface area is 193 Å². The zero-order valence-corrected chi connectivity index (χ0v) is 17.7. The highest BCUT2D eigenvalue weighted by molar-refractivity contribution is 7.10. The predicted octanol–water partition coefficient (Wildman–Crippen LogP) is 4.43. The summed E-state index contributed by atoms with van der Waals surface area (Å²) < 4.78 is 39.7. The Bertz CT molecular complexity index is 1370. The van der Waals surface area contributed by atoms with E-state index in [2.05, 4.69) is 0 Å². The van der Waals surface area contributed by atoms with E-state index in [4.69, 9.17) is 0 Å². The van der Waals surface area contributed by atoms with Gasteiger partial charge in [0, 0.05) is 22.7 Å². The molecule has 1 saturated heterocycles. The molecule has 0 aliphatic carbocycles. The second-order valence-electron chi connectivity index (χ2n) is 7.63. The molecule has 0 radical (unpaired) electrons. The summed E-state index contributed by atoms with van der Waals surface area (Å²) in [6.07, 6.45) is -4.63. The second kappa shape index (κ2) is 7.48. The molecule has 3 heterocycles. The number of rotatable bonds is 4. The van der Waals surface area contributed by atoms with Gasteiger partial charge in [-0.2, -0.15) is 13.2 Å². The summed E-state index contributed by atoms with van der Waals surface area (Å²) in [6, 6.07) is 8.55. The van der Waals surface area contributed by atoms with Gasteiger partial charge in [-0.05, 0) is 35.7 Å². The summed E-state index contributed by atoms with van der Waals surface area (Å²) in [5.74, 6) is -2.40. The van der Waals surface area contributed by atoms with E-state index in [1.54, 1.807) is 17.5 Å². The van der Waals surface area contributed by atoms with Gasteiger partial charge in [-0.25, -0.2) is 0 Å². The molecule has 1 fully saturated rings. The quantitative estimate of drug-likeness (QED) is 0.235. The maximum absolute atomic E-state index is 13.2. The Balaban J connectivity index is 1.55. The van der Waals surface area contributed by atoms with Crippen LogP contribution in [0.5, 0.6) is 0 Å². The van der Waals surface area contributed by atoms with Gasteiger partial charge in [0.15, 0.2) is 0 Å². The highest BCUT2D eigenvalue weighted by Gasteiger charge is 2.58. The van der Waals surface area contributed by atoms with Crippen LogP contribution >= 0.6 is 11.3 Å². The first-order valence-electron chi connectivity index (χ1n) is 9.79. The molecule has 0 spiro atoms. The molecule has 0 bridgehead atoms. The number of hydrogen-bond donors (Lipinski definition) is 0. The van der Waals surface area contributed by atoms with Gasteiger partial charge in [0.2, 0.25) is 0 Å². The maximum atomic E-state index is 13.2. The monoisotopic (exact) mass is 487 g/mol. The van der Waals surface area contributed by atoms with Gasteiger partial charge in [-0.15, -0.1) is 11.3 Å². The fourth-order valence-electron chi connectivity index (χ4n) is 4.20. The third kappa shape index (κ3) is 3.17. The first-order chi connectivity index (χ1) is 16.1. The molecule has 5 rings (SSSR count). The van der Waals surface area contributed by atoms with Crippen molar-refractivity contribution in [2.24, 2.45) is 0 Å². The molecule has 0 saturated carbocycles. The molecule has 2 atom stereocenters. The van der Waals surface area contributed by atoms with Crippen molar-refractivity contribution in [2.45, 2.75) is 18.3 Å². The molecular weight excluding hydrogens is 475 g/mol. The molecule has 8 nitrogen and oxygen atoms in total. The van der Waals surface area contributed by atoms with Crippen LogP contribution in [0.4, 0.5) is 24.5 Å². The number of amides is 3. The van der Waals surface area contributed by atoms with Crippen LogP contribution in [0, 0.1) is 10.1 Å². The number of hydrogen-bond acceptors (Lipinski definition) is 6. The number of carbonyl (C=O) groups is 3. The van der Waals surface area contributed by atoms with E-state index in [0.717, 1.165) is 40.1 Å². The molecular formula is C22H12F3N3O5S. The fraction of sp³-hybridized carbons (Fsp3) is 0.136. The molecule has 2 aromatic carbocycles. The molecule has 12 heteroatoms. The predicted molar refractivity (Wildman–Crippen MR) is 113 cm³/mol. The van der Waals surface area contributed by atoms with Crippen molar-refractivity contribution in [3.05, 3.63) is 91.7 Å². The van der Waals surface area contributed by atoms with Gasteiger partial charge in [-0.1, -0.05) is 12.1 Å². The number of non-ortho nitro benzene ring substituents is 1. The Kier molecular flexibility index (Phi) is 4.79. The summed E-state index contributed by atoms with van der Waals surface area (Å²) >= 11 is 1.22. The highest BCUT2D eigenvalue weighted by Crippen LogP contribution is 2.46. The van der Waals surface area contributed by atoms with E-state index < -0.39 is 46.5 Å². The number of benzene rings is 2. The van der Waals surface area contributed by atoms with Gasteiger partial charge < -0.3 is 0 Å². The average molecular weight is 487 g/mol. The lowest BCUT2D eigenvalue weighted by molar-refractivity contribution is -0.384. The van der Waals surface area contributed by atoms with Gasteiger partial charge in [0.25, 0.3) is 23.4 Å². The Hall–Kier alpha value is -4.06. The fourth-order valence-corrected chi connectivity index (χ4v) is 5.05. The van der Waals surface area contributed by atoms with E-state index in [1.807, 2.05) is 0 Å². The Morgan fingerprint density at radius 3 is 2.26 bits per heavy atom. The van der Waals surface area contributed by atoms with Crippen molar-refractivity contribution in [3.8, 4) is 0 Å². The van der Waals surface area contributed by atoms with Crippen LogP contribution in [-0.2, 0) is 11.0 Å². The van der Waals surface area contributed by atoms with Crippen LogP contribution in [0.3, 0.4) is 0 Å². The number of β-lactam (4-membered cyclic amide) rings is 1. The Morgan fingerprint density at radius 2 is 1.62 bits per heavy atom. The van der Waals surface area contributed by atoms with Crippen molar-refractivity contribution in [3.63, 3.8) is 0 Å². The van der Waals surface area contributed by atoms with Crippen LogP contribution in [0.2, 0.25) is 0 Å². The molecule has 2 aliphatic heterocycles. The topological polar surface area (TPSA) is 101 Å². The van der Waals surface area contributed by atoms with Crippen molar-refractivity contribution < 1.29 is 32.5 Å². The van der Waals surface area contributed by atoms with Crippen molar-refractivity contribution in [1.29, 1.82) is 0 Å². The number of imide groups is 1. The number of fused-ring (bicyclic) bond motifs is 1. The summed E-state index contributed by atoms with van der Waals surface area (Å²) in [5.41, 5.74) is -1.64. The lowest BCUT2D eigenvalue weighted by Crippen LogP contribution is -2.67. The van der Waals surface area contributed by atoms with Gasteiger partial charge in [-0.3, -0.25) is 34.3 Å². The van der Waals surface area contributed by atoms with E-state index in [9.17, 15) is 37.7 Å². The number of carbonyl (C=O) groups excluding carboxylic acids is 3. The molecule has 3 amide bonds. The van der Waals surface area contributed by atoms with Crippen LogP contribution in [0.15, 0.2) is 60.0 Å². The van der Waals surface area contributed by atoms with Crippen LogP contribution < -0.4 is 4.90 Å². The van der Waals surface area contributed by atoms with Crippen molar-refractivity contribution in [1.82, 2.24) is 4.90 Å². The minimum absolute atomic E-state index is 0.0262.